The van der Waals surface area contributed by atoms with E-state index in [1.165, 1.54) is 10.6 Å². The van der Waals surface area contributed by atoms with E-state index >= 15 is 8.78 Å². The van der Waals surface area contributed by atoms with E-state index < -0.39 is 62.4 Å². The van der Waals surface area contributed by atoms with Crippen LogP contribution in [0.25, 0.3) is 22.2 Å². The molecule has 0 unspecified atom stereocenters. The summed E-state index contributed by atoms with van der Waals surface area (Å²) >= 11 is 0. The number of hydrogen-bond donors (Lipinski definition) is 1. The van der Waals surface area contributed by atoms with E-state index in [4.69, 9.17) is 28.3 Å². The van der Waals surface area contributed by atoms with Crippen molar-refractivity contribution in [2.75, 3.05) is 19.8 Å². The highest BCUT2D eigenvalue weighted by Gasteiger charge is 2.52. The molecule has 44 heavy (non-hydrogen) atoms. The van der Waals surface area contributed by atoms with Gasteiger partial charge in [0.1, 0.15) is 36.4 Å². The Morgan fingerprint density at radius 2 is 1.68 bits per heavy atom. The molecule has 3 aliphatic rings. The molecule has 1 N–H and O–H groups in total. The Morgan fingerprint density at radius 1 is 1.02 bits per heavy atom. The number of rotatable bonds is 9. The van der Waals surface area contributed by atoms with Crippen molar-refractivity contribution in [1.82, 2.24) is 9.55 Å². The Balaban J connectivity index is 1.31. The normalized spacial score (nSPS) is 26.1. The number of nitrogens with zero attached hydrogens (tertiary/aromatic N) is 2. The first-order chi connectivity index (χ1) is 20.6. The fraction of sp³-hybridized carbons (Fsp3) is 0.581. The van der Waals surface area contributed by atoms with Gasteiger partial charge in [0.15, 0.2) is 11.9 Å². The Hall–Kier alpha value is -2.39. The molecule has 0 radical (unpaired) electrons. The lowest BCUT2D eigenvalue weighted by Gasteiger charge is -2.32. The molecule has 9 nitrogen and oxygen atoms in total. The Morgan fingerprint density at radius 3 is 2.34 bits per heavy atom. The molecule has 4 heterocycles. The van der Waals surface area contributed by atoms with Crippen LogP contribution in [0, 0.1) is 11.6 Å². The minimum Gasteiger partial charge on any atom is -0.456 e. The molecule has 0 aliphatic carbocycles. The minimum absolute atomic E-state index is 0.00246. The molecular weight excluding hydrogens is 589 g/mol. The van der Waals surface area contributed by atoms with Crippen molar-refractivity contribution in [3.63, 3.8) is 0 Å². The van der Waals surface area contributed by atoms with E-state index in [1.807, 2.05) is 27.7 Å². The molecule has 3 saturated heterocycles. The van der Waals surface area contributed by atoms with Gasteiger partial charge in [-0.25, -0.2) is 8.78 Å². The van der Waals surface area contributed by atoms with Crippen molar-refractivity contribution >= 4 is 31.7 Å². The van der Waals surface area contributed by atoms with Crippen molar-refractivity contribution in [3.05, 3.63) is 42.0 Å². The smallest absolute Gasteiger partial charge is 0.456 e. The lowest BCUT2D eigenvalue weighted by atomic mass is 9.78. The molecule has 2 aromatic carbocycles. The molecule has 238 valence electrons. The highest BCUT2D eigenvalue weighted by atomic mass is 28.3. The first kappa shape index (κ1) is 31.6. The summed E-state index contributed by atoms with van der Waals surface area (Å²) in [5.41, 5.74) is 0.0660. The summed E-state index contributed by atoms with van der Waals surface area (Å²) in [6.45, 7) is 15.4. The van der Waals surface area contributed by atoms with Gasteiger partial charge >= 0.3 is 7.12 Å². The van der Waals surface area contributed by atoms with Gasteiger partial charge in [-0.3, -0.25) is 4.57 Å². The topological polar surface area (TPSA) is 93.4 Å². The number of aromatic nitrogens is 2. The van der Waals surface area contributed by atoms with Gasteiger partial charge in [-0.1, -0.05) is 43.9 Å². The monoisotopic (exact) mass is 630 g/mol. The van der Waals surface area contributed by atoms with Crippen molar-refractivity contribution < 1.29 is 42.1 Å². The molecular formula is C31H41BF2N2O7Si. The largest absolute Gasteiger partial charge is 0.494 e. The van der Waals surface area contributed by atoms with Gasteiger partial charge in [0.25, 0.3) is 6.01 Å². The second-order valence-corrected chi connectivity index (χ2v) is 19.7. The number of hydrogen-bond acceptors (Lipinski definition) is 8. The number of aliphatic hydroxyl groups is 1. The predicted octanol–water partition coefficient (Wildman–Crippen LogP) is 4.50. The lowest BCUT2D eigenvalue weighted by molar-refractivity contribution is 0.00339. The van der Waals surface area contributed by atoms with E-state index in [-0.39, 0.29) is 42.6 Å². The Labute approximate surface area is 257 Å². The van der Waals surface area contributed by atoms with E-state index in [9.17, 15) is 5.11 Å². The summed E-state index contributed by atoms with van der Waals surface area (Å²) in [4.78, 5) is 4.49. The molecule has 0 amide bonds. The highest BCUT2D eigenvalue weighted by Crippen LogP contribution is 2.38. The maximum atomic E-state index is 16.2. The number of fused-ring (bicyclic) bond motifs is 2. The Kier molecular flexibility index (Phi) is 8.22. The van der Waals surface area contributed by atoms with Gasteiger partial charge in [0.05, 0.1) is 35.5 Å². The van der Waals surface area contributed by atoms with Gasteiger partial charge in [-0.15, -0.1) is 0 Å². The molecule has 6 rings (SSSR count). The van der Waals surface area contributed by atoms with Crippen molar-refractivity contribution in [3.8, 4) is 17.1 Å². The molecule has 0 saturated carbocycles. The van der Waals surface area contributed by atoms with E-state index in [2.05, 4.69) is 24.6 Å². The van der Waals surface area contributed by atoms with Crippen LogP contribution < -0.4 is 10.2 Å². The highest BCUT2D eigenvalue weighted by molar-refractivity contribution is 6.76. The summed E-state index contributed by atoms with van der Waals surface area (Å²) in [5.74, 6) is -1.54. The first-order valence-electron chi connectivity index (χ1n) is 15.1. The van der Waals surface area contributed by atoms with Gasteiger partial charge in [0.2, 0.25) is 0 Å². The van der Waals surface area contributed by atoms with Gasteiger partial charge in [-0.2, -0.15) is 4.98 Å². The Bertz CT molecular complexity index is 1510. The predicted molar refractivity (Wildman–Crippen MR) is 165 cm³/mol. The van der Waals surface area contributed by atoms with Crippen molar-refractivity contribution in [2.45, 2.75) is 95.7 Å². The van der Waals surface area contributed by atoms with Crippen LogP contribution in [0.3, 0.4) is 0 Å². The summed E-state index contributed by atoms with van der Waals surface area (Å²) < 4.78 is 69.3. The maximum absolute atomic E-state index is 16.2. The average Bonchev–Trinajstić information content (AvgIpc) is 3.65. The molecule has 13 heteroatoms. The lowest BCUT2D eigenvalue weighted by Crippen LogP contribution is -2.41. The summed E-state index contributed by atoms with van der Waals surface area (Å²) in [7, 11) is -1.95. The van der Waals surface area contributed by atoms with Crippen LogP contribution >= 0.6 is 0 Å². The molecule has 3 fully saturated rings. The van der Waals surface area contributed by atoms with Crippen molar-refractivity contribution in [1.29, 1.82) is 0 Å². The number of aliphatic hydroxyl groups excluding tert-OH is 1. The third-order valence-corrected chi connectivity index (χ3v) is 10.8. The maximum Gasteiger partial charge on any atom is 0.494 e. The zero-order valence-electron chi connectivity index (χ0n) is 26.4. The number of halogens is 2. The quantitative estimate of drug-likeness (QED) is 0.273. The van der Waals surface area contributed by atoms with Gasteiger partial charge < -0.3 is 33.4 Å². The molecule has 4 atom stereocenters. The fourth-order valence-electron chi connectivity index (χ4n) is 5.65. The SMILES string of the molecule is CC1(C)OB(c2ccc(-c3c(F)cc4c(nc(O[C@@H]5CO[C@H]6[C@@H]5OC[C@H]6O)n4COCC[Si](C)(C)C)c3F)cc2)OC1(C)C. The summed E-state index contributed by atoms with van der Waals surface area (Å²) in [5, 5.41) is 10.1. The number of benzene rings is 2. The summed E-state index contributed by atoms with van der Waals surface area (Å²) in [6, 6.07) is 9.08. The van der Waals surface area contributed by atoms with Crippen LogP contribution in [0.2, 0.25) is 25.7 Å². The first-order valence-corrected chi connectivity index (χ1v) is 18.9. The van der Waals surface area contributed by atoms with Gasteiger partial charge in [0, 0.05) is 20.7 Å². The van der Waals surface area contributed by atoms with Crippen LogP contribution in [0.1, 0.15) is 27.7 Å². The zero-order chi connectivity index (χ0) is 31.6. The second kappa shape index (κ2) is 11.4. The average molecular weight is 631 g/mol. The van der Waals surface area contributed by atoms with Crippen LogP contribution in [-0.4, -0.2) is 85.3 Å². The fourth-order valence-corrected chi connectivity index (χ4v) is 6.40. The molecule has 0 bridgehead atoms. The summed E-state index contributed by atoms with van der Waals surface area (Å²) in [6.07, 6.45) is -2.33. The van der Waals surface area contributed by atoms with E-state index in [0.717, 1.165) is 11.5 Å². The molecule has 3 aliphatic heterocycles. The van der Waals surface area contributed by atoms with Gasteiger partial charge in [-0.05, 0) is 44.8 Å². The number of imidazole rings is 1. The second-order valence-electron chi connectivity index (χ2n) is 14.1. The molecule has 1 aromatic heterocycles. The molecule has 3 aromatic rings. The van der Waals surface area contributed by atoms with E-state index in [0.29, 0.717) is 12.2 Å². The van der Waals surface area contributed by atoms with E-state index in [1.54, 1.807) is 24.3 Å². The van der Waals surface area contributed by atoms with Crippen LogP contribution in [-0.2, 0) is 30.3 Å². The van der Waals surface area contributed by atoms with Crippen LogP contribution in [0.5, 0.6) is 6.01 Å². The van der Waals surface area contributed by atoms with Crippen LogP contribution in [0.4, 0.5) is 8.78 Å². The third-order valence-electron chi connectivity index (χ3n) is 9.08. The zero-order valence-corrected chi connectivity index (χ0v) is 27.4. The molecule has 0 spiro atoms. The third kappa shape index (κ3) is 5.83. The van der Waals surface area contributed by atoms with Crippen molar-refractivity contribution in [2.24, 2.45) is 0 Å². The van der Waals surface area contributed by atoms with Crippen LogP contribution in [0.15, 0.2) is 30.3 Å². The standard InChI is InChI=1S/C31H41BF2N2O7Si/c1-30(2)31(3,4)43-32(42-30)19-10-8-18(9-11-19)24-20(33)14-21-26(25(24)34)35-29(36(21)17-38-12-13-44(5,6)7)41-23-16-40-27-22(37)15-39-28(23)27/h8-11,14,22-23,27-28,37H,12-13,15-17H2,1-7H3/t22-,23-,27-,28-/m1/s1. The minimum atomic E-state index is -1.36. The number of ether oxygens (including phenoxy) is 4.